The molecule has 1 saturated heterocycles. The number of hydrogen-bond donors (Lipinski definition) is 0. The predicted octanol–water partition coefficient (Wildman–Crippen LogP) is 4.10. The molecule has 1 aromatic rings. The molecule has 166 valence electrons. The van der Waals surface area contributed by atoms with Crippen LogP contribution in [-0.2, 0) is 38.7 Å². The fourth-order valence-electron chi connectivity index (χ4n) is 3.36. The van der Waals surface area contributed by atoms with Gasteiger partial charge in [-0.3, -0.25) is 14.4 Å². The predicted molar refractivity (Wildman–Crippen MR) is 117 cm³/mol. The molecule has 1 aliphatic heterocycles. The van der Waals surface area contributed by atoms with Crippen molar-refractivity contribution >= 4 is 57.2 Å². The van der Waals surface area contributed by atoms with Gasteiger partial charge in [-0.1, -0.05) is 33.6 Å². The zero-order valence-corrected chi connectivity index (χ0v) is 20.4. The number of alkyl halides is 1. The molecule has 10 heteroatoms. The van der Waals surface area contributed by atoms with Gasteiger partial charge in [-0.2, -0.15) is 0 Å². The Morgan fingerprint density at radius 3 is 2.07 bits per heavy atom. The van der Waals surface area contributed by atoms with Crippen molar-refractivity contribution in [3.05, 3.63) is 33.8 Å². The van der Waals surface area contributed by atoms with E-state index in [1.54, 1.807) is 12.3 Å². The number of halogens is 2. The van der Waals surface area contributed by atoms with Gasteiger partial charge in [0.05, 0.1) is 0 Å². The minimum absolute atomic E-state index is 0.513. The average molecular weight is 524 g/mol. The van der Waals surface area contributed by atoms with Crippen molar-refractivity contribution in [2.75, 3.05) is 6.26 Å². The number of rotatable bonds is 6. The molecule has 0 radical (unpaired) electrons. The quantitative estimate of drug-likeness (QED) is 0.313. The van der Waals surface area contributed by atoms with Gasteiger partial charge in [0.2, 0.25) is 0 Å². The zero-order valence-electron chi connectivity index (χ0n) is 17.3. The van der Waals surface area contributed by atoms with Gasteiger partial charge < -0.3 is 18.9 Å². The summed E-state index contributed by atoms with van der Waals surface area (Å²) < 4.78 is 22.7. The maximum atomic E-state index is 11.9. The highest BCUT2D eigenvalue weighted by Crippen LogP contribution is 2.42. The molecule has 0 amide bonds. The molecule has 5 atom stereocenters. The second-order valence-corrected chi connectivity index (χ2v) is 8.72. The summed E-state index contributed by atoms with van der Waals surface area (Å²) in [6.07, 6.45) is -2.01. The van der Waals surface area contributed by atoms with Crippen molar-refractivity contribution in [1.82, 2.24) is 0 Å². The van der Waals surface area contributed by atoms with Crippen LogP contribution in [0.25, 0.3) is 0 Å². The number of hydrogen-bond acceptors (Lipinski definition) is 8. The molecule has 7 nitrogen and oxygen atoms in total. The van der Waals surface area contributed by atoms with E-state index in [0.29, 0.717) is 10.4 Å². The van der Waals surface area contributed by atoms with E-state index in [2.05, 4.69) is 15.9 Å². The maximum Gasteiger partial charge on any atom is 0.303 e. The Bertz CT molecular complexity index is 819. The summed E-state index contributed by atoms with van der Waals surface area (Å²) in [7, 11) is 0. The van der Waals surface area contributed by atoms with Gasteiger partial charge in [0.15, 0.2) is 18.3 Å². The summed E-state index contributed by atoms with van der Waals surface area (Å²) in [4.78, 5) is 35.5. The smallest absolute Gasteiger partial charge is 0.303 e. The summed E-state index contributed by atoms with van der Waals surface area (Å²) in [5, 5.41) is 1.10. The van der Waals surface area contributed by atoms with Gasteiger partial charge in [-0.25, -0.2) is 0 Å². The van der Waals surface area contributed by atoms with E-state index in [1.165, 1.54) is 32.5 Å². The minimum Gasteiger partial charge on any atom is -0.455 e. The lowest BCUT2D eigenvalue weighted by molar-refractivity contribution is -0.233. The highest BCUT2D eigenvalue weighted by molar-refractivity contribution is 9.08. The van der Waals surface area contributed by atoms with Crippen LogP contribution >= 0.6 is 39.3 Å². The second kappa shape index (κ2) is 10.8. The van der Waals surface area contributed by atoms with Crippen molar-refractivity contribution in [3.8, 4) is 0 Å². The molecule has 1 aromatic carbocycles. The van der Waals surface area contributed by atoms with Crippen LogP contribution in [0.3, 0.4) is 0 Å². The summed E-state index contributed by atoms with van der Waals surface area (Å²) in [5.41, 5.74) is 1.73. The molecule has 0 saturated carbocycles. The van der Waals surface area contributed by atoms with E-state index in [0.717, 1.165) is 16.7 Å². The molecule has 0 aliphatic carbocycles. The molecule has 2 rings (SSSR count). The fraction of sp³-hybridized carbons (Fsp3) is 0.550. The summed E-state index contributed by atoms with van der Waals surface area (Å²) in [6, 6.07) is 3.66. The first-order chi connectivity index (χ1) is 14.1. The minimum atomic E-state index is -1.05. The van der Waals surface area contributed by atoms with E-state index in [4.69, 9.17) is 30.5 Å². The molecule has 1 fully saturated rings. The topological polar surface area (TPSA) is 88.1 Å². The number of aryl methyl sites for hydroxylation is 1. The monoisotopic (exact) mass is 522 g/mol. The SMILES string of the molecule is CS[C@H]1O[C@@H](c2cc(CBr)c(Cl)cc2C)[C@H](OC(C)=O)[C@@H](OC(C)=O)[C@@H]1OC(C)=O. The molecule has 0 spiro atoms. The molecular weight excluding hydrogens is 500 g/mol. The highest BCUT2D eigenvalue weighted by atomic mass is 79.9. The van der Waals surface area contributed by atoms with E-state index in [1.807, 2.05) is 13.0 Å². The van der Waals surface area contributed by atoms with Gasteiger partial charge in [0.1, 0.15) is 11.5 Å². The standard InChI is InChI=1S/C20H24BrClO7S/c1-9-6-15(22)13(8-21)7-14(9)16-17(26-10(2)23)18(27-11(3)24)19(28-12(4)25)20(29-16)30-5/h6-7,16-20H,8H2,1-5H3/t16-,17-,18+,19-,20+/m0/s1. The van der Waals surface area contributed by atoms with Crippen molar-refractivity contribution < 1.29 is 33.3 Å². The Morgan fingerprint density at radius 1 is 1.03 bits per heavy atom. The third-order valence-corrected chi connectivity index (χ3v) is 6.32. The van der Waals surface area contributed by atoms with E-state index >= 15 is 0 Å². The van der Waals surface area contributed by atoms with Crippen molar-refractivity contribution in [1.29, 1.82) is 0 Å². The molecule has 1 heterocycles. The highest BCUT2D eigenvalue weighted by Gasteiger charge is 2.52. The van der Waals surface area contributed by atoms with E-state index in [-0.39, 0.29) is 0 Å². The lowest BCUT2D eigenvalue weighted by Gasteiger charge is -2.44. The normalized spacial score (nSPS) is 26.0. The largest absolute Gasteiger partial charge is 0.455 e. The fourth-order valence-corrected chi connectivity index (χ4v) is 4.98. The van der Waals surface area contributed by atoms with Gasteiger partial charge in [0.25, 0.3) is 0 Å². The van der Waals surface area contributed by atoms with Crippen LogP contribution in [-0.4, -0.2) is 47.9 Å². The van der Waals surface area contributed by atoms with Crippen LogP contribution < -0.4 is 0 Å². The summed E-state index contributed by atoms with van der Waals surface area (Å²) >= 11 is 11.0. The van der Waals surface area contributed by atoms with Crippen LogP contribution in [0.2, 0.25) is 5.02 Å². The average Bonchev–Trinajstić information content (AvgIpc) is 2.64. The van der Waals surface area contributed by atoms with Crippen LogP contribution in [0.4, 0.5) is 0 Å². The maximum absolute atomic E-state index is 11.9. The molecule has 0 bridgehead atoms. The first-order valence-corrected chi connectivity index (χ1v) is 11.9. The first kappa shape index (κ1) is 25.0. The number of benzene rings is 1. The van der Waals surface area contributed by atoms with Gasteiger partial charge in [-0.15, -0.1) is 11.8 Å². The molecule has 0 aromatic heterocycles. The number of carbonyl (C=O) groups excluding carboxylic acids is 3. The van der Waals surface area contributed by atoms with Crippen LogP contribution in [0.15, 0.2) is 12.1 Å². The van der Waals surface area contributed by atoms with Crippen molar-refractivity contribution in [2.24, 2.45) is 0 Å². The van der Waals surface area contributed by atoms with E-state index < -0.39 is 47.8 Å². The number of ether oxygens (including phenoxy) is 4. The van der Waals surface area contributed by atoms with Crippen molar-refractivity contribution in [3.63, 3.8) is 0 Å². The molecular formula is C20H24BrClO7S. The molecule has 0 N–H and O–H groups in total. The number of carbonyl (C=O) groups is 3. The Kier molecular flexibility index (Phi) is 9.02. The first-order valence-electron chi connectivity index (χ1n) is 9.13. The van der Waals surface area contributed by atoms with E-state index in [9.17, 15) is 14.4 Å². The number of esters is 3. The lowest BCUT2D eigenvalue weighted by Crippen LogP contribution is -2.57. The number of thioether (sulfide) groups is 1. The molecule has 30 heavy (non-hydrogen) atoms. The summed E-state index contributed by atoms with van der Waals surface area (Å²) in [5.74, 6) is -1.74. The molecule has 0 unspecified atom stereocenters. The zero-order chi connectivity index (χ0) is 22.6. The lowest BCUT2D eigenvalue weighted by atomic mass is 9.90. The van der Waals surface area contributed by atoms with Gasteiger partial charge >= 0.3 is 17.9 Å². The third kappa shape index (κ3) is 5.90. The van der Waals surface area contributed by atoms with Crippen LogP contribution in [0.5, 0.6) is 0 Å². The van der Waals surface area contributed by atoms with Crippen LogP contribution in [0.1, 0.15) is 43.6 Å². The Labute approximate surface area is 193 Å². The third-order valence-electron chi connectivity index (χ3n) is 4.52. The summed E-state index contributed by atoms with van der Waals surface area (Å²) in [6.45, 7) is 5.61. The Hall–Kier alpha value is -1.29. The second-order valence-electron chi connectivity index (χ2n) is 6.82. The van der Waals surface area contributed by atoms with Gasteiger partial charge in [-0.05, 0) is 35.9 Å². The van der Waals surface area contributed by atoms with Crippen molar-refractivity contribution in [2.45, 2.75) is 62.9 Å². The Morgan fingerprint density at radius 2 is 1.57 bits per heavy atom. The van der Waals surface area contributed by atoms with Gasteiger partial charge in [0, 0.05) is 31.1 Å². The molecule has 1 aliphatic rings. The Balaban J connectivity index is 2.61. The van der Waals surface area contributed by atoms with Crippen LogP contribution in [0, 0.1) is 6.92 Å².